The van der Waals surface area contributed by atoms with E-state index in [-0.39, 0.29) is 17.9 Å². The van der Waals surface area contributed by atoms with E-state index >= 15 is 0 Å². The van der Waals surface area contributed by atoms with Crippen molar-refractivity contribution in [3.05, 3.63) is 23.8 Å². The summed E-state index contributed by atoms with van der Waals surface area (Å²) in [7, 11) is 3.15. The molecule has 0 atom stereocenters. The molecule has 1 rings (SSSR count). The summed E-state index contributed by atoms with van der Waals surface area (Å²) in [6, 6.07) is 4.59. The van der Waals surface area contributed by atoms with E-state index in [0.717, 1.165) is 6.42 Å². The van der Waals surface area contributed by atoms with Crippen LogP contribution in [0, 0.1) is 0 Å². The van der Waals surface area contributed by atoms with Gasteiger partial charge in [-0.3, -0.25) is 0 Å². The number of carboxylic acids is 1. The van der Waals surface area contributed by atoms with Crippen LogP contribution in [0.5, 0.6) is 11.5 Å². The molecule has 1 aromatic rings. The highest BCUT2D eigenvalue weighted by Gasteiger charge is 2.12. The Labute approximate surface area is 118 Å². The topological polar surface area (TPSA) is 74.2 Å². The van der Waals surface area contributed by atoms with Gasteiger partial charge in [-0.05, 0) is 18.6 Å². The summed E-state index contributed by atoms with van der Waals surface area (Å²) in [4.78, 5) is 11.1. The molecule has 0 unspecified atom stereocenters. The lowest BCUT2D eigenvalue weighted by molar-refractivity contribution is 0.0677. The molecule has 0 saturated carbocycles. The zero-order chi connectivity index (χ0) is 14.8. The van der Waals surface area contributed by atoms with Crippen LogP contribution in [0.2, 0.25) is 0 Å². The molecule has 0 aliphatic heterocycles. The number of carboxylic acid groups (broad SMARTS) is 1. The maximum absolute atomic E-state index is 11.1. The second kappa shape index (κ2) is 9.17. The minimum atomic E-state index is -1.04. The Hall–Kier alpha value is -1.79. The highest BCUT2D eigenvalue weighted by Crippen LogP contribution is 2.24. The first-order valence-corrected chi connectivity index (χ1v) is 6.30. The fourth-order valence-electron chi connectivity index (χ4n) is 1.54. The summed E-state index contributed by atoms with van der Waals surface area (Å²) < 4.78 is 20.7. The molecule has 20 heavy (non-hydrogen) atoms. The number of hydrogen-bond donors (Lipinski definition) is 1. The van der Waals surface area contributed by atoms with Crippen LogP contribution >= 0.6 is 0 Å². The first-order chi connectivity index (χ1) is 9.69. The van der Waals surface area contributed by atoms with Gasteiger partial charge in [0.15, 0.2) is 0 Å². The Morgan fingerprint density at radius 3 is 2.60 bits per heavy atom. The lowest BCUT2D eigenvalue weighted by Crippen LogP contribution is -2.10. The molecule has 1 N–H and O–H groups in total. The van der Waals surface area contributed by atoms with Crippen molar-refractivity contribution in [3.63, 3.8) is 0 Å². The maximum Gasteiger partial charge on any atom is 0.339 e. The van der Waals surface area contributed by atoms with Gasteiger partial charge >= 0.3 is 5.97 Å². The molecule has 0 radical (unpaired) electrons. The molecule has 0 spiro atoms. The van der Waals surface area contributed by atoms with E-state index in [0.29, 0.717) is 25.6 Å². The van der Waals surface area contributed by atoms with Gasteiger partial charge in [0.25, 0.3) is 0 Å². The Kier molecular flexibility index (Phi) is 7.46. The fourth-order valence-corrected chi connectivity index (χ4v) is 1.54. The van der Waals surface area contributed by atoms with Crippen molar-refractivity contribution < 1.29 is 28.8 Å². The number of aromatic carboxylic acids is 1. The maximum atomic E-state index is 11.1. The molecule has 0 saturated heterocycles. The molecule has 0 fully saturated rings. The van der Waals surface area contributed by atoms with E-state index < -0.39 is 5.97 Å². The van der Waals surface area contributed by atoms with Crippen LogP contribution in [0.3, 0.4) is 0 Å². The zero-order valence-electron chi connectivity index (χ0n) is 11.8. The first-order valence-electron chi connectivity index (χ1n) is 6.30. The molecule has 0 heterocycles. The Morgan fingerprint density at radius 1 is 1.15 bits per heavy atom. The predicted molar refractivity (Wildman–Crippen MR) is 72.8 cm³/mol. The van der Waals surface area contributed by atoms with Crippen LogP contribution in [0.4, 0.5) is 0 Å². The number of rotatable bonds is 10. The third-order valence-electron chi connectivity index (χ3n) is 2.54. The van der Waals surface area contributed by atoms with Gasteiger partial charge in [0, 0.05) is 26.4 Å². The molecule has 0 bridgehead atoms. The van der Waals surface area contributed by atoms with Crippen LogP contribution in [-0.2, 0) is 9.47 Å². The van der Waals surface area contributed by atoms with Gasteiger partial charge in [-0.15, -0.1) is 0 Å². The Morgan fingerprint density at radius 2 is 1.95 bits per heavy atom. The van der Waals surface area contributed by atoms with Crippen LogP contribution in [-0.4, -0.2) is 51.7 Å². The second-order valence-electron chi connectivity index (χ2n) is 3.97. The molecule has 6 heteroatoms. The summed E-state index contributed by atoms with van der Waals surface area (Å²) in [5, 5.41) is 9.06. The van der Waals surface area contributed by atoms with Crippen LogP contribution in [0.15, 0.2) is 18.2 Å². The Bertz CT molecular complexity index is 418. The van der Waals surface area contributed by atoms with E-state index in [4.69, 9.17) is 24.1 Å². The molecule has 0 aromatic heterocycles. The average molecular weight is 284 g/mol. The molecule has 1 aromatic carbocycles. The highest BCUT2D eigenvalue weighted by molar-refractivity contribution is 5.91. The Balaban J connectivity index is 2.43. The van der Waals surface area contributed by atoms with Gasteiger partial charge in [0.2, 0.25) is 0 Å². The normalized spacial score (nSPS) is 10.3. The third kappa shape index (κ3) is 5.46. The molecule has 112 valence electrons. The van der Waals surface area contributed by atoms with E-state index in [1.54, 1.807) is 19.2 Å². The molecular formula is C14H20O6. The molecule has 0 aliphatic rings. The third-order valence-corrected chi connectivity index (χ3v) is 2.54. The van der Waals surface area contributed by atoms with Gasteiger partial charge in [-0.1, -0.05) is 0 Å². The average Bonchev–Trinajstić information content (AvgIpc) is 2.45. The molecular weight excluding hydrogens is 264 g/mol. The first kappa shape index (κ1) is 16.3. The van der Waals surface area contributed by atoms with E-state index in [1.165, 1.54) is 13.2 Å². The predicted octanol–water partition coefficient (Wildman–Crippen LogP) is 1.83. The van der Waals surface area contributed by atoms with Crippen LogP contribution in [0.25, 0.3) is 0 Å². The molecule has 6 nitrogen and oxygen atoms in total. The fraction of sp³-hybridized carbons (Fsp3) is 0.500. The summed E-state index contributed by atoms with van der Waals surface area (Å²) >= 11 is 0. The number of ether oxygens (including phenoxy) is 4. The lowest BCUT2D eigenvalue weighted by Gasteiger charge is -2.11. The van der Waals surface area contributed by atoms with Gasteiger partial charge in [-0.2, -0.15) is 0 Å². The summed E-state index contributed by atoms with van der Waals surface area (Å²) in [5.41, 5.74) is 0.102. The van der Waals surface area contributed by atoms with Crippen molar-refractivity contribution in [2.24, 2.45) is 0 Å². The van der Waals surface area contributed by atoms with Crippen molar-refractivity contribution in [1.82, 2.24) is 0 Å². The minimum Gasteiger partial charge on any atom is -0.497 e. The van der Waals surface area contributed by atoms with E-state index in [2.05, 4.69) is 0 Å². The van der Waals surface area contributed by atoms with Crippen molar-refractivity contribution >= 4 is 5.97 Å². The van der Waals surface area contributed by atoms with Gasteiger partial charge < -0.3 is 24.1 Å². The van der Waals surface area contributed by atoms with Crippen molar-refractivity contribution in [1.29, 1.82) is 0 Å². The number of benzene rings is 1. The lowest BCUT2D eigenvalue weighted by atomic mass is 10.2. The van der Waals surface area contributed by atoms with Crippen molar-refractivity contribution in [3.8, 4) is 11.5 Å². The number of methoxy groups -OCH3 is 2. The highest BCUT2D eigenvalue weighted by atomic mass is 16.5. The van der Waals surface area contributed by atoms with Crippen molar-refractivity contribution in [2.75, 3.05) is 40.6 Å². The minimum absolute atomic E-state index is 0.102. The van der Waals surface area contributed by atoms with Crippen LogP contribution < -0.4 is 9.47 Å². The molecule has 0 amide bonds. The standard InChI is InChI=1S/C14H20O6/c1-17-6-3-7-19-8-9-20-13-10-11(18-2)4-5-12(13)14(15)16/h4-5,10H,3,6-9H2,1-2H3,(H,15,16). The zero-order valence-corrected chi connectivity index (χ0v) is 11.8. The van der Waals surface area contributed by atoms with Gasteiger partial charge in [0.05, 0.1) is 13.7 Å². The summed E-state index contributed by atoms with van der Waals surface area (Å²) in [5.74, 6) is -0.216. The van der Waals surface area contributed by atoms with Crippen LogP contribution in [0.1, 0.15) is 16.8 Å². The molecule has 0 aliphatic carbocycles. The largest absolute Gasteiger partial charge is 0.497 e. The van der Waals surface area contributed by atoms with Gasteiger partial charge in [-0.25, -0.2) is 4.79 Å². The number of hydrogen-bond acceptors (Lipinski definition) is 5. The van der Waals surface area contributed by atoms with Gasteiger partial charge in [0.1, 0.15) is 23.7 Å². The monoisotopic (exact) mass is 284 g/mol. The number of carbonyl (C=O) groups is 1. The second-order valence-corrected chi connectivity index (χ2v) is 3.97. The van der Waals surface area contributed by atoms with E-state index in [1.807, 2.05) is 0 Å². The SMILES string of the molecule is COCCCOCCOc1cc(OC)ccc1C(=O)O. The van der Waals surface area contributed by atoms with Crippen molar-refractivity contribution in [2.45, 2.75) is 6.42 Å². The van der Waals surface area contributed by atoms with E-state index in [9.17, 15) is 4.79 Å². The smallest absolute Gasteiger partial charge is 0.339 e. The summed E-state index contributed by atoms with van der Waals surface area (Å²) in [6.07, 6.45) is 0.816. The summed E-state index contributed by atoms with van der Waals surface area (Å²) in [6.45, 7) is 1.90. The quantitative estimate of drug-likeness (QED) is 0.661.